The molecule has 0 spiro atoms. The highest BCUT2D eigenvalue weighted by Crippen LogP contribution is 2.29. The molecule has 6 aromatic rings. The number of pyridine rings is 2. The van der Waals surface area contributed by atoms with Crippen molar-refractivity contribution in [1.82, 2.24) is 58.5 Å². The second-order valence-corrected chi connectivity index (χ2v) is 19.1. The summed E-state index contributed by atoms with van der Waals surface area (Å²) in [7, 11) is 1.82. The number of carbonyl (C=O) groups excluding carboxylic acids is 3. The van der Waals surface area contributed by atoms with E-state index in [-0.39, 0.29) is 52.3 Å². The van der Waals surface area contributed by atoms with Crippen LogP contribution >= 0.6 is 11.8 Å². The number of nitrogens with one attached hydrogen (secondary N) is 2. The van der Waals surface area contributed by atoms with Crippen LogP contribution in [0.3, 0.4) is 0 Å². The zero-order chi connectivity index (χ0) is 49.8. The number of anilines is 5. The third-order valence-corrected chi connectivity index (χ3v) is 14.2. The molecular formula is C50H59N15O5S. The third kappa shape index (κ3) is 10.7. The van der Waals surface area contributed by atoms with Crippen LogP contribution in [0.15, 0.2) is 96.1 Å². The van der Waals surface area contributed by atoms with Gasteiger partial charge in [0, 0.05) is 156 Å². The van der Waals surface area contributed by atoms with Gasteiger partial charge in [0.1, 0.15) is 11.3 Å². The molecule has 5 aromatic heterocycles. The van der Waals surface area contributed by atoms with Crippen molar-refractivity contribution in [3.05, 3.63) is 113 Å². The first kappa shape index (κ1) is 48.6. The average molecular weight is 982 g/mol. The van der Waals surface area contributed by atoms with E-state index < -0.39 is 0 Å². The number of aromatic nitrogens is 8. The second-order valence-electron chi connectivity index (χ2n) is 18.2. The Morgan fingerprint density at radius 2 is 1.49 bits per heavy atom. The molecule has 71 heavy (non-hydrogen) atoms. The minimum atomic E-state index is -0.325. The van der Waals surface area contributed by atoms with Gasteiger partial charge in [-0.1, -0.05) is 20.1 Å². The molecule has 0 bridgehead atoms. The number of fused-ring (bicyclic) bond motifs is 2. The zero-order valence-electron chi connectivity index (χ0n) is 40.4. The number of benzene rings is 1. The molecule has 3 saturated heterocycles. The molecule has 8 heterocycles. The van der Waals surface area contributed by atoms with E-state index in [4.69, 9.17) is 9.97 Å². The van der Waals surface area contributed by atoms with Crippen LogP contribution in [0, 0.1) is 5.92 Å². The fourth-order valence-corrected chi connectivity index (χ4v) is 10.1. The van der Waals surface area contributed by atoms with Gasteiger partial charge in [0.15, 0.2) is 0 Å². The molecule has 0 radical (unpaired) electrons. The SMILES string of the molecule is C=CC(=O)N1CC(CCn2c(=O)cc(C(=C)C(=O)N3CCN(CCn4c(=O)ccc5cnc(Nc6cnn(C)c6)nc54)[C@@H](CC)C3)c3cnc(Nc4ccc(N5CCN(C(=O)CSC)CC5)cc4)nc32)C1. The van der Waals surface area contributed by atoms with Gasteiger partial charge in [-0.2, -0.15) is 26.8 Å². The number of hydrogen-bond donors (Lipinski definition) is 2. The molecule has 3 fully saturated rings. The third-order valence-electron chi connectivity index (χ3n) is 13.7. The fraction of sp³-hybridized carbons (Fsp3) is 0.400. The second kappa shape index (κ2) is 21.3. The molecule has 0 unspecified atom stereocenters. The summed E-state index contributed by atoms with van der Waals surface area (Å²) in [5, 5.41) is 11.9. The molecule has 9 rings (SSSR count). The van der Waals surface area contributed by atoms with Gasteiger partial charge in [0.2, 0.25) is 23.7 Å². The van der Waals surface area contributed by atoms with Gasteiger partial charge in [0.25, 0.3) is 17.0 Å². The van der Waals surface area contributed by atoms with Crippen LogP contribution in [0.4, 0.5) is 29.0 Å². The first-order valence-corrected chi connectivity index (χ1v) is 25.3. The van der Waals surface area contributed by atoms with Crippen LogP contribution in [0.2, 0.25) is 0 Å². The monoisotopic (exact) mass is 981 g/mol. The van der Waals surface area contributed by atoms with Gasteiger partial charge in [-0.15, -0.1) is 0 Å². The lowest BCUT2D eigenvalue weighted by molar-refractivity contribution is -0.132. The summed E-state index contributed by atoms with van der Waals surface area (Å²) >= 11 is 1.54. The number of hydrogen-bond acceptors (Lipinski definition) is 15. The lowest BCUT2D eigenvalue weighted by atomic mass is 9.96. The zero-order valence-corrected chi connectivity index (χ0v) is 41.2. The Hall–Kier alpha value is -7.39. The summed E-state index contributed by atoms with van der Waals surface area (Å²) in [5.41, 5.74) is 3.45. The summed E-state index contributed by atoms with van der Waals surface area (Å²) in [5.74, 6) is 1.10. The standard InChI is InChI=1S/C50H59N15O5S/c1-6-38-31-62(21-18-59(38)22-23-65-43(67)13-8-35-25-51-49(56-46(35)65)55-37-26-53-58(4)30-37)48(70)33(3)40-24-44(68)64(15-14-34-28-63(29-34)42(66)7-2)47-41(40)27-52-50(57-47)54-36-9-11-39(12-10-36)60-16-19-61(20-17-60)45(69)32-71-5/h7-13,24-27,30,34,38H,2-3,6,14-23,28-29,31-32H2,1,4-5H3,(H,51,55,56)(H,52,54,57)/t38-/m0/s1. The maximum atomic E-state index is 14.4. The Kier molecular flexibility index (Phi) is 14.6. The van der Waals surface area contributed by atoms with Gasteiger partial charge in [-0.25, -0.2) is 9.97 Å². The normalized spacial score (nSPS) is 16.6. The summed E-state index contributed by atoms with van der Waals surface area (Å²) in [4.78, 5) is 95.1. The molecule has 20 nitrogen and oxygen atoms in total. The van der Waals surface area contributed by atoms with Crippen LogP contribution in [0.5, 0.6) is 0 Å². The van der Waals surface area contributed by atoms with E-state index in [1.165, 1.54) is 30.0 Å². The van der Waals surface area contributed by atoms with Gasteiger partial charge < -0.3 is 30.2 Å². The van der Waals surface area contributed by atoms with Gasteiger partial charge in [-0.3, -0.25) is 42.7 Å². The van der Waals surface area contributed by atoms with Crippen molar-refractivity contribution in [1.29, 1.82) is 0 Å². The molecular weight excluding hydrogens is 923 g/mol. The Morgan fingerprint density at radius 1 is 0.789 bits per heavy atom. The minimum Gasteiger partial charge on any atom is -0.368 e. The number of amides is 3. The van der Waals surface area contributed by atoms with Crippen LogP contribution in [0.25, 0.3) is 27.6 Å². The molecule has 3 amide bonds. The van der Waals surface area contributed by atoms with Crippen LogP contribution in [-0.4, -0.2) is 160 Å². The molecule has 1 atom stereocenters. The maximum absolute atomic E-state index is 14.4. The highest BCUT2D eigenvalue weighted by atomic mass is 32.2. The molecule has 0 saturated carbocycles. The average Bonchev–Trinajstić information content (AvgIpc) is 3.79. The molecule has 3 aliphatic heterocycles. The molecule has 370 valence electrons. The van der Waals surface area contributed by atoms with Crippen molar-refractivity contribution in [2.24, 2.45) is 13.0 Å². The Bertz CT molecular complexity index is 3100. The van der Waals surface area contributed by atoms with Gasteiger partial charge in [-0.05, 0) is 61.4 Å². The predicted octanol–water partition coefficient (Wildman–Crippen LogP) is 3.80. The first-order valence-electron chi connectivity index (χ1n) is 23.9. The summed E-state index contributed by atoms with van der Waals surface area (Å²) in [6, 6.07) is 12.7. The van der Waals surface area contributed by atoms with Crippen LogP contribution in [-0.2, 0) is 34.5 Å². The molecule has 3 aliphatic rings. The number of carbonyl (C=O) groups is 3. The predicted molar refractivity (Wildman–Crippen MR) is 277 cm³/mol. The van der Waals surface area contributed by atoms with Crippen molar-refractivity contribution >= 4 is 86.1 Å². The van der Waals surface area contributed by atoms with Crippen molar-refractivity contribution in [3.8, 4) is 0 Å². The maximum Gasteiger partial charge on any atom is 0.253 e. The van der Waals surface area contributed by atoms with E-state index in [9.17, 15) is 24.0 Å². The van der Waals surface area contributed by atoms with Crippen LogP contribution < -0.4 is 26.7 Å². The van der Waals surface area contributed by atoms with Gasteiger partial charge >= 0.3 is 0 Å². The smallest absolute Gasteiger partial charge is 0.253 e. The summed E-state index contributed by atoms with van der Waals surface area (Å²) in [6.07, 6.45) is 11.5. The van der Waals surface area contributed by atoms with Crippen molar-refractivity contribution in [2.75, 3.05) is 93.0 Å². The Labute approximate surface area is 415 Å². The molecule has 21 heteroatoms. The van der Waals surface area contributed by atoms with E-state index in [1.807, 2.05) is 48.7 Å². The van der Waals surface area contributed by atoms with E-state index in [1.54, 1.807) is 48.3 Å². The molecule has 1 aromatic carbocycles. The number of piperazine rings is 2. The number of thioether (sulfide) groups is 1. The summed E-state index contributed by atoms with van der Waals surface area (Å²) < 4.78 is 4.95. The van der Waals surface area contributed by atoms with Crippen LogP contribution in [0.1, 0.15) is 25.3 Å². The van der Waals surface area contributed by atoms with Crippen molar-refractivity contribution < 1.29 is 14.4 Å². The fourth-order valence-electron chi connectivity index (χ4n) is 9.62. The summed E-state index contributed by atoms with van der Waals surface area (Å²) in [6.45, 7) is 16.7. The highest BCUT2D eigenvalue weighted by molar-refractivity contribution is 7.99. The van der Waals surface area contributed by atoms with E-state index >= 15 is 0 Å². The number of aryl methyl sites for hydroxylation is 2. The van der Waals surface area contributed by atoms with Gasteiger partial charge in [0.05, 0.1) is 17.6 Å². The lowest BCUT2D eigenvalue weighted by Crippen LogP contribution is -2.55. The Morgan fingerprint density at radius 3 is 2.20 bits per heavy atom. The number of nitrogens with zero attached hydrogens (tertiary/aromatic N) is 13. The minimum absolute atomic E-state index is 0.00529. The lowest BCUT2D eigenvalue weighted by Gasteiger charge is -2.41. The van der Waals surface area contributed by atoms with E-state index in [0.29, 0.717) is 106 Å². The number of likely N-dealkylation sites (tertiary alicyclic amines) is 1. The van der Waals surface area contributed by atoms with Crippen molar-refractivity contribution in [2.45, 2.75) is 38.9 Å². The van der Waals surface area contributed by atoms with E-state index in [2.05, 4.69) is 55.6 Å². The topological polar surface area (TPSA) is 205 Å². The molecule has 0 aliphatic carbocycles. The highest BCUT2D eigenvalue weighted by Gasteiger charge is 2.32. The van der Waals surface area contributed by atoms with E-state index in [0.717, 1.165) is 42.0 Å². The largest absolute Gasteiger partial charge is 0.368 e. The molecule has 2 N–H and O–H groups in total. The number of rotatable bonds is 17. The Balaban J connectivity index is 0.900. The van der Waals surface area contributed by atoms with Crippen molar-refractivity contribution in [3.63, 3.8) is 0 Å². The first-order chi connectivity index (χ1) is 34.4. The quantitative estimate of drug-likeness (QED) is 0.125.